The van der Waals surface area contributed by atoms with Crippen LogP contribution in [-0.4, -0.2) is 9.97 Å². The van der Waals surface area contributed by atoms with E-state index in [2.05, 4.69) is 9.97 Å². The number of nitrogens with one attached hydrogen (secondary N) is 1. The van der Waals surface area contributed by atoms with Gasteiger partial charge in [0.15, 0.2) is 0 Å². The van der Waals surface area contributed by atoms with E-state index in [1.165, 1.54) is 30.5 Å². The van der Waals surface area contributed by atoms with E-state index in [0.717, 1.165) is 6.07 Å². The number of benzene rings is 1. The summed E-state index contributed by atoms with van der Waals surface area (Å²) in [6.45, 7) is 0. The lowest BCUT2D eigenvalue weighted by molar-refractivity contribution is -0.138. The standard InChI is InChI=1S/C12H9F3N2O/c13-12(14,15)9-4-2-1-3-8(9)7-10-16-6-5-11(18)17-10/h1-6H,7H2,(H,16,17,18). The lowest BCUT2D eigenvalue weighted by Gasteiger charge is -2.11. The van der Waals surface area contributed by atoms with E-state index in [1.54, 1.807) is 0 Å². The first-order chi connectivity index (χ1) is 8.47. The van der Waals surface area contributed by atoms with E-state index in [4.69, 9.17) is 0 Å². The first-order valence-corrected chi connectivity index (χ1v) is 5.16. The van der Waals surface area contributed by atoms with Gasteiger partial charge in [-0.25, -0.2) is 4.98 Å². The minimum atomic E-state index is -4.41. The quantitative estimate of drug-likeness (QED) is 0.894. The van der Waals surface area contributed by atoms with Gasteiger partial charge in [-0.05, 0) is 11.6 Å². The van der Waals surface area contributed by atoms with Crippen LogP contribution in [0.3, 0.4) is 0 Å². The molecule has 0 saturated heterocycles. The molecule has 1 aromatic heterocycles. The van der Waals surface area contributed by atoms with Gasteiger partial charge in [0.1, 0.15) is 5.82 Å². The molecule has 1 heterocycles. The summed E-state index contributed by atoms with van der Waals surface area (Å²) in [5.41, 5.74) is -1.01. The maximum Gasteiger partial charge on any atom is 0.416 e. The monoisotopic (exact) mass is 254 g/mol. The van der Waals surface area contributed by atoms with Crippen LogP contribution in [0, 0.1) is 0 Å². The van der Waals surface area contributed by atoms with Gasteiger partial charge in [-0.2, -0.15) is 13.2 Å². The van der Waals surface area contributed by atoms with Crippen molar-refractivity contribution in [3.05, 3.63) is 63.8 Å². The van der Waals surface area contributed by atoms with Gasteiger partial charge in [0.25, 0.3) is 5.56 Å². The Hall–Kier alpha value is -2.11. The van der Waals surface area contributed by atoms with Gasteiger partial charge < -0.3 is 4.98 Å². The molecule has 2 aromatic rings. The van der Waals surface area contributed by atoms with Gasteiger partial charge in [-0.3, -0.25) is 4.79 Å². The van der Waals surface area contributed by atoms with E-state index in [-0.39, 0.29) is 23.4 Å². The second-order valence-corrected chi connectivity index (χ2v) is 3.71. The summed E-state index contributed by atoms with van der Waals surface area (Å²) < 4.78 is 38.2. The van der Waals surface area contributed by atoms with Crippen LogP contribution in [0.2, 0.25) is 0 Å². The van der Waals surface area contributed by atoms with Crippen molar-refractivity contribution in [1.29, 1.82) is 0 Å². The average molecular weight is 254 g/mol. The average Bonchev–Trinajstić information content (AvgIpc) is 2.28. The molecule has 18 heavy (non-hydrogen) atoms. The third-order valence-corrected chi connectivity index (χ3v) is 2.40. The van der Waals surface area contributed by atoms with Crippen molar-refractivity contribution in [3.63, 3.8) is 0 Å². The molecule has 0 amide bonds. The fourth-order valence-electron chi connectivity index (χ4n) is 1.63. The van der Waals surface area contributed by atoms with Crippen molar-refractivity contribution in [2.24, 2.45) is 0 Å². The zero-order valence-corrected chi connectivity index (χ0v) is 9.16. The number of aromatic amines is 1. The van der Waals surface area contributed by atoms with Gasteiger partial charge in [0.05, 0.1) is 5.56 Å². The van der Waals surface area contributed by atoms with E-state index >= 15 is 0 Å². The Morgan fingerprint density at radius 3 is 2.56 bits per heavy atom. The molecule has 0 saturated carbocycles. The number of alkyl halides is 3. The summed E-state index contributed by atoms with van der Waals surface area (Å²) in [5.74, 6) is 0.208. The SMILES string of the molecule is O=c1ccnc(Cc2ccccc2C(F)(F)F)[nH]1. The van der Waals surface area contributed by atoms with Crippen LogP contribution >= 0.6 is 0 Å². The fourth-order valence-corrected chi connectivity index (χ4v) is 1.63. The summed E-state index contributed by atoms with van der Waals surface area (Å²) in [5, 5.41) is 0. The molecule has 0 aliphatic carbocycles. The van der Waals surface area contributed by atoms with Crippen LogP contribution in [0.4, 0.5) is 13.2 Å². The molecule has 0 aliphatic heterocycles. The molecular formula is C12H9F3N2O. The highest BCUT2D eigenvalue weighted by Gasteiger charge is 2.32. The Morgan fingerprint density at radius 2 is 1.89 bits per heavy atom. The lowest BCUT2D eigenvalue weighted by atomic mass is 10.0. The topological polar surface area (TPSA) is 45.8 Å². The van der Waals surface area contributed by atoms with E-state index in [0.29, 0.717) is 0 Å². The summed E-state index contributed by atoms with van der Waals surface area (Å²) in [7, 11) is 0. The first kappa shape index (κ1) is 12.3. The third-order valence-electron chi connectivity index (χ3n) is 2.40. The minimum Gasteiger partial charge on any atom is -0.310 e. The van der Waals surface area contributed by atoms with Crippen LogP contribution in [0.5, 0.6) is 0 Å². The van der Waals surface area contributed by atoms with E-state index in [1.807, 2.05) is 0 Å². The van der Waals surface area contributed by atoms with Crippen molar-refractivity contribution < 1.29 is 13.2 Å². The number of nitrogens with zero attached hydrogens (tertiary/aromatic N) is 1. The van der Waals surface area contributed by atoms with Crippen LogP contribution < -0.4 is 5.56 Å². The number of hydrogen-bond acceptors (Lipinski definition) is 2. The molecule has 0 radical (unpaired) electrons. The molecule has 1 aromatic carbocycles. The highest BCUT2D eigenvalue weighted by Crippen LogP contribution is 2.32. The number of aromatic nitrogens is 2. The van der Waals surface area contributed by atoms with Gasteiger partial charge in [0.2, 0.25) is 0 Å². The van der Waals surface area contributed by atoms with E-state index in [9.17, 15) is 18.0 Å². The zero-order chi connectivity index (χ0) is 13.2. The molecule has 0 bridgehead atoms. The molecule has 0 fully saturated rings. The van der Waals surface area contributed by atoms with Gasteiger partial charge >= 0.3 is 6.18 Å². The normalized spacial score (nSPS) is 11.5. The third kappa shape index (κ3) is 2.77. The molecule has 94 valence electrons. The van der Waals surface area contributed by atoms with Crippen molar-refractivity contribution in [2.45, 2.75) is 12.6 Å². The van der Waals surface area contributed by atoms with Gasteiger partial charge in [-0.15, -0.1) is 0 Å². The Labute approximate surface area is 100 Å². The summed E-state index contributed by atoms with van der Waals surface area (Å²) in [4.78, 5) is 17.3. The Kier molecular flexibility index (Phi) is 3.18. The number of hydrogen-bond donors (Lipinski definition) is 1. The molecule has 0 aliphatic rings. The van der Waals surface area contributed by atoms with E-state index < -0.39 is 11.7 Å². The first-order valence-electron chi connectivity index (χ1n) is 5.16. The summed E-state index contributed by atoms with van der Waals surface area (Å²) in [6, 6.07) is 6.43. The number of H-pyrrole nitrogens is 1. The highest BCUT2D eigenvalue weighted by atomic mass is 19.4. The second kappa shape index (κ2) is 4.64. The fraction of sp³-hybridized carbons (Fsp3) is 0.167. The Bertz CT molecular complexity index is 605. The van der Waals surface area contributed by atoms with Crippen LogP contribution in [0.15, 0.2) is 41.3 Å². The van der Waals surface area contributed by atoms with Crippen LogP contribution in [0.25, 0.3) is 0 Å². The molecule has 2 rings (SSSR count). The molecule has 0 atom stereocenters. The predicted octanol–water partition coefficient (Wildman–Crippen LogP) is 2.38. The van der Waals surface area contributed by atoms with Crippen molar-refractivity contribution >= 4 is 0 Å². The second-order valence-electron chi connectivity index (χ2n) is 3.71. The predicted molar refractivity (Wildman–Crippen MR) is 59.1 cm³/mol. The molecule has 3 nitrogen and oxygen atoms in total. The Balaban J connectivity index is 2.38. The zero-order valence-electron chi connectivity index (χ0n) is 9.16. The number of halogens is 3. The van der Waals surface area contributed by atoms with Crippen LogP contribution in [-0.2, 0) is 12.6 Å². The summed E-state index contributed by atoms with van der Waals surface area (Å²) in [6.07, 6.45) is -3.21. The van der Waals surface area contributed by atoms with Crippen molar-refractivity contribution in [2.75, 3.05) is 0 Å². The van der Waals surface area contributed by atoms with Crippen molar-refractivity contribution in [3.8, 4) is 0 Å². The highest BCUT2D eigenvalue weighted by molar-refractivity contribution is 5.31. The number of rotatable bonds is 2. The molecule has 0 spiro atoms. The maximum absolute atomic E-state index is 12.7. The molecular weight excluding hydrogens is 245 g/mol. The van der Waals surface area contributed by atoms with Crippen molar-refractivity contribution in [1.82, 2.24) is 9.97 Å². The largest absolute Gasteiger partial charge is 0.416 e. The minimum absolute atomic E-state index is 0.0637. The molecule has 6 heteroatoms. The van der Waals surface area contributed by atoms with Gasteiger partial charge in [0, 0.05) is 18.7 Å². The van der Waals surface area contributed by atoms with Crippen LogP contribution in [0.1, 0.15) is 17.0 Å². The van der Waals surface area contributed by atoms with Gasteiger partial charge in [-0.1, -0.05) is 18.2 Å². The Morgan fingerprint density at radius 1 is 1.17 bits per heavy atom. The molecule has 0 unspecified atom stereocenters. The maximum atomic E-state index is 12.7. The molecule has 1 N–H and O–H groups in total. The summed E-state index contributed by atoms with van der Waals surface area (Å²) >= 11 is 0. The lowest BCUT2D eigenvalue weighted by Crippen LogP contribution is -2.13. The smallest absolute Gasteiger partial charge is 0.310 e.